The van der Waals surface area contributed by atoms with Gasteiger partial charge in [-0.25, -0.2) is 0 Å². The Balaban J connectivity index is 2.02. The second kappa shape index (κ2) is 6.34. The van der Waals surface area contributed by atoms with E-state index in [0.717, 1.165) is 23.3 Å². The summed E-state index contributed by atoms with van der Waals surface area (Å²) in [7, 11) is 0. The number of benzene rings is 2. The second-order valence-electron chi connectivity index (χ2n) is 6.67. The van der Waals surface area contributed by atoms with Crippen molar-refractivity contribution in [1.82, 2.24) is 9.78 Å². The summed E-state index contributed by atoms with van der Waals surface area (Å²) >= 11 is 3.81. The van der Waals surface area contributed by atoms with E-state index < -0.39 is 0 Å². The van der Waals surface area contributed by atoms with E-state index in [4.69, 9.17) is 4.74 Å². The number of rotatable bonds is 2. The van der Waals surface area contributed by atoms with Crippen molar-refractivity contribution in [2.45, 2.75) is 39.8 Å². The smallest absolute Gasteiger partial charge is 0.127 e. The fraction of sp³-hybridized carbons (Fsp3) is 0.286. The van der Waals surface area contributed by atoms with Crippen LogP contribution in [0.4, 0.5) is 0 Å². The van der Waals surface area contributed by atoms with E-state index in [-0.39, 0.29) is 0 Å². The Labute approximate surface area is 156 Å². The van der Waals surface area contributed by atoms with Crippen molar-refractivity contribution in [3.8, 4) is 5.75 Å². The summed E-state index contributed by atoms with van der Waals surface area (Å²) < 4.78 is 9.41. The third kappa shape index (κ3) is 2.69. The molecule has 4 heteroatoms. The van der Waals surface area contributed by atoms with Gasteiger partial charge in [0.2, 0.25) is 0 Å². The van der Waals surface area contributed by atoms with Crippen molar-refractivity contribution < 1.29 is 4.74 Å². The molecule has 25 heavy (non-hydrogen) atoms. The van der Waals surface area contributed by atoms with Crippen molar-refractivity contribution in [3.05, 3.63) is 63.8 Å². The van der Waals surface area contributed by atoms with Crippen LogP contribution in [-0.2, 0) is 6.61 Å². The average molecular weight is 397 g/mol. The number of para-hydroxylation sites is 1. The molecule has 0 bridgehead atoms. The largest absolute Gasteiger partial charge is 0.488 e. The Bertz CT molecular complexity index is 985. The summed E-state index contributed by atoms with van der Waals surface area (Å²) in [5.74, 6) is 0.939. The Kier molecular flexibility index (Phi) is 4.16. The van der Waals surface area contributed by atoms with Crippen LogP contribution in [0.2, 0.25) is 0 Å². The third-order valence-corrected chi connectivity index (χ3v) is 5.66. The first-order valence-electron chi connectivity index (χ1n) is 8.71. The first kappa shape index (κ1) is 16.4. The van der Waals surface area contributed by atoms with Gasteiger partial charge in [0.25, 0.3) is 0 Å². The molecular formula is C21H21BrN2O. The van der Waals surface area contributed by atoms with E-state index in [1.54, 1.807) is 0 Å². The fourth-order valence-corrected chi connectivity index (χ4v) is 3.90. The normalized spacial score (nSPS) is 15.6. The molecular weight excluding hydrogens is 376 g/mol. The maximum atomic E-state index is 6.14. The van der Waals surface area contributed by atoms with E-state index >= 15 is 0 Å². The number of hydrogen-bond acceptors (Lipinski definition) is 2. The van der Waals surface area contributed by atoms with Crippen LogP contribution in [-0.4, -0.2) is 9.78 Å². The number of allylic oxidation sites excluding steroid dienone is 1. The first-order chi connectivity index (χ1) is 12.1. The van der Waals surface area contributed by atoms with Crippen LogP contribution >= 0.6 is 15.9 Å². The van der Waals surface area contributed by atoms with Gasteiger partial charge in [0, 0.05) is 27.0 Å². The predicted molar refractivity (Wildman–Crippen MR) is 106 cm³/mol. The summed E-state index contributed by atoms with van der Waals surface area (Å²) in [6.45, 7) is 7.05. The Morgan fingerprint density at radius 2 is 2.04 bits per heavy atom. The number of halogens is 1. The molecule has 3 aromatic rings. The van der Waals surface area contributed by atoms with Gasteiger partial charge in [0.15, 0.2) is 0 Å². The molecule has 1 aromatic heterocycles. The summed E-state index contributed by atoms with van der Waals surface area (Å²) in [6, 6.07) is 13.1. The standard InChI is InChI=1S/C21H21BrN2O/c1-4-18(22)21-16-7-5-6-8-20(16)25-12-15-10-19-14(9-17(15)21)11-23-24(19)13(2)3/h5-11,13H,4,12H2,1-3H3/b21-18-. The van der Waals surface area contributed by atoms with Gasteiger partial charge in [-0.15, -0.1) is 0 Å². The minimum atomic E-state index is 0.330. The van der Waals surface area contributed by atoms with Crippen LogP contribution < -0.4 is 4.74 Å². The lowest BCUT2D eigenvalue weighted by Gasteiger charge is -2.14. The summed E-state index contributed by atoms with van der Waals surface area (Å²) in [4.78, 5) is 0. The van der Waals surface area contributed by atoms with E-state index in [0.29, 0.717) is 12.6 Å². The lowest BCUT2D eigenvalue weighted by atomic mass is 9.92. The molecule has 1 aliphatic rings. The molecule has 0 saturated heterocycles. The lowest BCUT2D eigenvalue weighted by molar-refractivity contribution is 0.307. The van der Waals surface area contributed by atoms with Crippen molar-refractivity contribution in [1.29, 1.82) is 0 Å². The second-order valence-corrected chi connectivity index (χ2v) is 7.63. The van der Waals surface area contributed by atoms with Crippen molar-refractivity contribution in [3.63, 3.8) is 0 Å². The van der Waals surface area contributed by atoms with Gasteiger partial charge in [-0.1, -0.05) is 41.1 Å². The van der Waals surface area contributed by atoms with Crippen LogP contribution in [0.15, 0.2) is 47.1 Å². The van der Waals surface area contributed by atoms with Crippen molar-refractivity contribution in [2.75, 3.05) is 0 Å². The van der Waals surface area contributed by atoms with E-state index in [2.05, 4.69) is 70.7 Å². The summed E-state index contributed by atoms with van der Waals surface area (Å²) in [5, 5.41) is 5.74. The predicted octanol–water partition coefficient (Wildman–Crippen LogP) is 6.07. The highest BCUT2D eigenvalue weighted by Crippen LogP contribution is 2.42. The maximum absolute atomic E-state index is 6.14. The summed E-state index contributed by atoms with van der Waals surface area (Å²) in [5.41, 5.74) is 5.96. The number of fused-ring (bicyclic) bond motifs is 3. The topological polar surface area (TPSA) is 27.1 Å². The van der Waals surface area contributed by atoms with E-state index in [1.807, 2.05) is 18.3 Å². The monoisotopic (exact) mass is 396 g/mol. The zero-order chi connectivity index (χ0) is 17.6. The number of ether oxygens (including phenoxy) is 1. The molecule has 0 spiro atoms. The number of hydrogen-bond donors (Lipinski definition) is 0. The average Bonchev–Trinajstić information content (AvgIpc) is 2.96. The zero-order valence-corrected chi connectivity index (χ0v) is 16.3. The van der Waals surface area contributed by atoms with Crippen molar-refractivity contribution >= 4 is 32.4 Å². The quantitative estimate of drug-likeness (QED) is 0.525. The molecule has 0 unspecified atom stereocenters. The molecule has 3 nitrogen and oxygen atoms in total. The molecule has 0 aliphatic carbocycles. The van der Waals surface area contributed by atoms with Gasteiger partial charge >= 0.3 is 0 Å². The molecule has 1 aliphatic heterocycles. The Morgan fingerprint density at radius 1 is 1.24 bits per heavy atom. The van der Waals surface area contributed by atoms with Gasteiger partial charge in [-0.2, -0.15) is 5.10 Å². The van der Waals surface area contributed by atoms with Gasteiger partial charge in [-0.05, 0) is 49.6 Å². The van der Waals surface area contributed by atoms with Gasteiger partial charge in [0.1, 0.15) is 12.4 Å². The highest BCUT2D eigenvalue weighted by atomic mass is 79.9. The lowest BCUT2D eigenvalue weighted by Crippen LogP contribution is -2.03. The molecule has 0 saturated carbocycles. The minimum Gasteiger partial charge on any atom is -0.488 e. The third-order valence-electron chi connectivity index (χ3n) is 4.70. The molecule has 0 fully saturated rings. The van der Waals surface area contributed by atoms with Crippen molar-refractivity contribution in [2.24, 2.45) is 0 Å². The molecule has 4 rings (SSSR count). The number of nitrogens with zero attached hydrogens (tertiary/aromatic N) is 2. The SMILES string of the molecule is CC/C(Br)=C1/c2cc3cnn(C(C)C)c3cc2COc2ccccc21. The van der Waals surface area contributed by atoms with Crippen LogP contribution in [0.1, 0.15) is 49.9 Å². The van der Waals surface area contributed by atoms with Crippen LogP contribution in [0.5, 0.6) is 5.75 Å². The van der Waals surface area contributed by atoms with E-state index in [1.165, 1.54) is 26.6 Å². The Hall–Kier alpha value is -2.07. The van der Waals surface area contributed by atoms with Crippen LogP contribution in [0.25, 0.3) is 16.5 Å². The van der Waals surface area contributed by atoms with Gasteiger partial charge in [-0.3, -0.25) is 4.68 Å². The van der Waals surface area contributed by atoms with Gasteiger partial charge < -0.3 is 4.74 Å². The zero-order valence-electron chi connectivity index (χ0n) is 14.7. The molecule has 2 aromatic carbocycles. The minimum absolute atomic E-state index is 0.330. The molecule has 2 heterocycles. The fourth-order valence-electron chi connectivity index (χ4n) is 3.47. The molecule has 0 radical (unpaired) electrons. The highest BCUT2D eigenvalue weighted by Gasteiger charge is 2.22. The first-order valence-corrected chi connectivity index (χ1v) is 9.50. The highest BCUT2D eigenvalue weighted by molar-refractivity contribution is 9.11. The maximum Gasteiger partial charge on any atom is 0.127 e. The number of aromatic nitrogens is 2. The van der Waals surface area contributed by atoms with Crippen LogP contribution in [0.3, 0.4) is 0 Å². The molecule has 0 atom stereocenters. The summed E-state index contributed by atoms with van der Waals surface area (Å²) in [6.07, 6.45) is 2.90. The van der Waals surface area contributed by atoms with E-state index in [9.17, 15) is 0 Å². The Morgan fingerprint density at radius 3 is 2.80 bits per heavy atom. The molecule has 0 N–H and O–H groups in total. The molecule has 0 amide bonds. The van der Waals surface area contributed by atoms with Gasteiger partial charge in [0.05, 0.1) is 11.7 Å². The molecule has 128 valence electrons. The van der Waals surface area contributed by atoms with Crippen LogP contribution in [0, 0.1) is 0 Å².